The molecule has 0 atom stereocenters. The topological polar surface area (TPSA) is 38.2 Å². The minimum absolute atomic E-state index is 0.00104. The minimum Gasteiger partial charge on any atom is -0.481 e. The summed E-state index contributed by atoms with van der Waals surface area (Å²) < 4.78 is 41.9. The predicted octanol–water partition coefficient (Wildman–Crippen LogP) is 2.25. The van der Waals surface area contributed by atoms with E-state index in [9.17, 15) is 13.2 Å². The summed E-state index contributed by atoms with van der Waals surface area (Å²) in [6.07, 6.45) is -2.94. The van der Waals surface area contributed by atoms with Gasteiger partial charge in [0.25, 0.3) is 0 Å². The second-order valence-corrected chi connectivity index (χ2v) is 3.92. The van der Waals surface area contributed by atoms with E-state index in [-0.39, 0.29) is 18.4 Å². The van der Waals surface area contributed by atoms with Crippen LogP contribution in [0.1, 0.15) is 0 Å². The summed E-state index contributed by atoms with van der Waals surface area (Å²) in [5.74, 6) is 0.234. The molecular weight excluding hydrogens is 303 g/mol. The first kappa shape index (κ1) is 14.0. The van der Waals surface area contributed by atoms with Crippen LogP contribution in [0.5, 0.6) is 5.88 Å². The lowest BCUT2D eigenvalue weighted by Gasteiger charge is -2.22. The van der Waals surface area contributed by atoms with Gasteiger partial charge in [0, 0.05) is 24.1 Å². The van der Waals surface area contributed by atoms with Crippen molar-refractivity contribution in [2.75, 3.05) is 30.4 Å². The highest BCUT2D eigenvalue weighted by Gasteiger charge is 2.31. The maximum atomic E-state index is 12.4. The van der Waals surface area contributed by atoms with Crippen molar-refractivity contribution in [3.8, 4) is 5.88 Å². The zero-order chi connectivity index (χ0) is 12.9. The van der Waals surface area contributed by atoms with E-state index in [1.165, 1.54) is 19.4 Å². The van der Waals surface area contributed by atoms with Crippen molar-refractivity contribution in [1.29, 1.82) is 0 Å². The molecule has 1 aromatic rings. The average Bonchev–Trinajstić information content (AvgIpc) is 2.27. The van der Waals surface area contributed by atoms with Crippen LogP contribution in [0.3, 0.4) is 0 Å². The molecule has 4 nitrogen and oxygen atoms in total. The SMILES string of the molecule is COc1ccnc(N(CCBr)CC(F)(F)F)n1. The van der Waals surface area contributed by atoms with E-state index in [0.29, 0.717) is 5.33 Å². The number of hydrogen-bond acceptors (Lipinski definition) is 4. The molecule has 0 unspecified atom stereocenters. The third kappa shape index (κ3) is 4.76. The molecule has 1 aromatic heterocycles. The van der Waals surface area contributed by atoms with Gasteiger partial charge in [0.15, 0.2) is 0 Å². The van der Waals surface area contributed by atoms with Crippen LogP contribution in [0.25, 0.3) is 0 Å². The molecule has 96 valence electrons. The molecule has 17 heavy (non-hydrogen) atoms. The van der Waals surface area contributed by atoms with Crippen LogP contribution in [-0.4, -0.2) is 41.7 Å². The van der Waals surface area contributed by atoms with Crippen LogP contribution in [-0.2, 0) is 0 Å². The van der Waals surface area contributed by atoms with Crippen LogP contribution in [0.15, 0.2) is 12.3 Å². The van der Waals surface area contributed by atoms with Crippen molar-refractivity contribution < 1.29 is 17.9 Å². The maximum absolute atomic E-state index is 12.4. The number of nitrogens with zero attached hydrogens (tertiary/aromatic N) is 3. The molecule has 0 fully saturated rings. The van der Waals surface area contributed by atoms with Crippen molar-refractivity contribution in [3.63, 3.8) is 0 Å². The van der Waals surface area contributed by atoms with E-state index in [4.69, 9.17) is 4.74 Å². The molecule has 1 rings (SSSR count). The van der Waals surface area contributed by atoms with Gasteiger partial charge in [0.05, 0.1) is 7.11 Å². The maximum Gasteiger partial charge on any atom is 0.406 e. The quantitative estimate of drug-likeness (QED) is 0.782. The Hall–Kier alpha value is -1.05. The molecule has 0 saturated carbocycles. The molecule has 0 aliphatic heterocycles. The molecule has 1 heterocycles. The van der Waals surface area contributed by atoms with E-state index in [2.05, 4.69) is 25.9 Å². The highest BCUT2D eigenvalue weighted by Crippen LogP contribution is 2.20. The van der Waals surface area contributed by atoms with Crippen LogP contribution >= 0.6 is 15.9 Å². The van der Waals surface area contributed by atoms with Crippen molar-refractivity contribution in [2.24, 2.45) is 0 Å². The second kappa shape index (κ2) is 6.04. The first-order chi connectivity index (χ1) is 7.96. The first-order valence-corrected chi connectivity index (χ1v) is 5.83. The monoisotopic (exact) mass is 313 g/mol. The Bertz CT molecular complexity index is 362. The fraction of sp³-hybridized carbons (Fsp3) is 0.556. The van der Waals surface area contributed by atoms with Crippen LogP contribution in [0, 0.1) is 0 Å². The lowest BCUT2D eigenvalue weighted by atomic mass is 10.5. The highest BCUT2D eigenvalue weighted by atomic mass is 79.9. The van der Waals surface area contributed by atoms with Crippen LogP contribution in [0.4, 0.5) is 19.1 Å². The molecule has 0 spiro atoms. The third-order valence-electron chi connectivity index (χ3n) is 1.83. The molecule has 0 N–H and O–H groups in total. The van der Waals surface area contributed by atoms with E-state index < -0.39 is 12.7 Å². The van der Waals surface area contributed by atoms with Gasteiger partial charge in [-0.05, 0) is 0 Å². The summed E-state index contributed by atoms with van der Waals surface area (Å²) in [6, 6.07) is 1.48. The van der Waals surface area contributed by atoms with Crippen LogP contribution < -0.4 is 9.64 Å². The van der Waals surface area contributed by atoms with Crippen molar-refractivity contribution in [2.45, 2.75) is 6.18 Å². The summed E-state index contributed by atoms with van der Waals surface area (Å²) in [5, 5.41) is 0.393. The van der Waals surface area contributed by atoms with Gasteiger partial charge < -0.3 is 9.64 Å². The fourth-order valence-electron chi connectivity index (χ4n) is 1.17. The van der Waals surface area contributed by atoms with Crippen molar-refractivity contribution in [1.82, 2.24) is 9.97 Å². The molecule has 0 aromatic carbocycles. The molecule has 0 saturated heterocycles. The molecule has 0 aliphatic carbocycles. The molecular formula is C9H11BrF3N3O. The van der Waals surface area contributed by atoms with Gasteiger partial charge in [0.2, 0.25) is 11.8 Å². The predicted molar refractivity (Wildman–Crippen MR) is 60.6 cm³/mol. The van der Waals surface area contributed by atoms with Gasteiger partial charge in [0.1, 0.15) is 6.54 Å². The number of ether oxygens (including phenoxy) is 1. The Labute approximate surface area is 105 Å². The van der Waals surface area contributed by atoms with Crippen molar-refractivity contribution >= 4 is 21.9 Å². The number of aromatic nitrogens is 2. The molecule has 0 radical (unpaired) electrons. The Morgan fingerprint density at radius 1 is 1.47 bits per heavy atom. The minimum atomic E-state index is -4.30. The van der Waals surface area contributed by atoms with Crippen molar-refractivity contribution in [3.05, 3.63) is 12.3 Å². The third-order valence-corrected chi connectivity index (χ3v) is 2.19. The van der Waals surface area contributed by atoms with E-state index in [1.54, 1.807) is 0 Å². The summed E-state index contributed by atoms with van der Waals surface area (Å²) in [5.41, 5.74) is 0. The summed E-state index contributed by atoms with van der Waals surface area (Å²) in [7, 11) is 1.39. The van der Waals surface area contributed by atoms with Crippen LogP contribution in [0.2, 0.25) is 0 Å². The number of rotatable bonds is 5. The Kier molecular flexibility index (Phi) is 4.98. The lowest BCUT2D eigenvalue weighted by molar-refractivity contribution is -0.119. The summed E-state index contributed by atoms with van der Waals surface area (Å²) in [6.45, 7) is -0.932. The van der Waals surface area contributed by atoms with Gasteiger partial charge in [-0.2, -0.15) is 18.2 Å². The van der Waals surface area contributed by atoms with Gasteiger partial charge in [-0.15, -0.1) is 0 Å². The Morgan fingerprint density at radius 2 is 2.18 bits per heavy atom. The van der Waals surface area contributed by atoms with E-state index >= 15 is 0 Å². The average molecular weight is 314 g/mol. The van der Waals surface area contributed by atoms with Gasteiger partial charge in [-0.25, -0.2) is 4.98 Å². The van der Waals surface area contributed by atoms with E-state index in [0.717, 1.165) is 4.90 Å². The summed E-state index contributed by atoms with van der Waals surface area (Å²) in [4.78, 5) is 8.71. The standard InChI is InChI=1S/C9H11BrF3N3O/c1-17-7-2-4-14-8(15-7)16(5-3-10)6-9(11,12)13/h2,4H,3,5-6H2,1H3. The molecule has 0 aliphatic rings. The van der Waals surface area contributed by atoms with Gasteiger partial charge in [-0.3, -0.25) is 0 Å². The largest absolute Gasteiger partial charge is 0.481 e. The highest BCUT2D eigenvalue weighted by molar-refractivity contribution is 9.09. The first-order valence-electron chi connectivity index (χ1n) is 4.71. The summed E-state index contributed by atoms with van der Waals surface area (Å²) >= 11 is 3.09. The van der Waals surface area contributed by atoms with Gasteiger partial charge >= 0.3 is 6.18 Å². The number of halogens is 4. The second-order valence-electron chi connectivity index (χ2n) is 3.12. The Balaban J connectivity index is 2.88. The zero-order valence-electron chi connectivity index (χ0n) is 9.04. The Morgan fingerprint density at radius 3 is 2.71 bits per heavy atom. The number of methoxy groups -OCH3 is 1. The molecule has 0 bridgehead atoms. The molecule has 0 amide bonds. The van der Waals surface area contributed by atoms with Gasteiger partial charge in [-0.1, -0.05) is 15.9 Å². The number of alkyl halides is 4. The number of anilines is 1. The zero-order valence-corrected chi connectivity index (χ0v) is 10.6. The lowest BCUT2D eigenvalue weighted by Crippen LogP contribution is -2.36. The normalized spacial score (nSPS) is 11.4. The smallest absolute Gasteiger partial charge is 0.406 e. The fourth-order valence-corrected chi connectivity index (χ4v) is 1.59. The number of hydrogen-bond donors (Lipinski definition) is 0. The van der Waals surface area contributed by atoms with E-state index in [1.807, 2.05) is 0 Å². The molecule has 8 heteroatoms.